The van der Waals surface area contributed by atoms with Crippen molar-refractivity contribution in [3.05, 3.63) is 42.5 Å². The van der Waals surface area contributed by atoms with Gasteiger partial charge in [-0.3, -0.25) is 9.59 Å². The molecule has 122 valence electrons. The second kappa shape index (κ2) is 8.78. The normalized spacial score (nSPS) is 10.3. The summed E-state index contributed by atoms with van der Waals surface area (Å²) in [5.74, 6) is 0.236. The van der Waals surface area contributed by atoms with Gasteiger partial charge in [0.25, 0.3) is 5.91 Å². The number of amides is 1. The van der Waals surface area contributed by atoms with Crippen LogP contribution in [0.3, 0.4) is 0 Å². The van der Waals surface area contributed by atoms with Gasteiger partial charge >= 0.3 is 5.97 Å². The number of ether oxygens (including phenoxy) is 2. The van der Waals surface area contributed by atoms with Gasteiger partial charge in [0.15, 0.2) is 6.61 Å². The first kappa shape index (κ1) is 16.8. The van der Waals surface area contributed by atoms with Crippen molar-refractivity contribution in [2.75, 3.05) is 19.8 Å². The summed E-state index contributed by atoms with van der Waals surface area (Å²) in [5, 5.41) is 4.77. The van der Waals surface area contributed by atoms with Crippen molar-refractivity contribution >= 4 is 22.6 Å². The number of nitrogens with one attached hydrogen (secondary N) is 1. The van der Waals surface area contributed by atoms with Gasteiger partial charge in [-0.05, 0) is 24.8 Å². The summed E-state index contributed by atoms with van der Waals surface area (Å²) in [6, 6.07) is 13.6. The van der Waals surface area contributed by atoms with Crippen LogP contribution in [0, 0.1) is 0 Å². The van der Waals surface area contributed by atoms with Crippen molar-refractivity contribution < 1.29 is 19.1 Å². The second-order valence-corrected chi connectivity index (χ2v) is 5.02. The molecule has 0 aliphatic heterocycles. The van der Waals surface area contributed by atoms with E-state index in [4.69, 9.17) is 9.47 Å². The molecule has 0 radical (unpaired) electrons. The minimum Gasteiger partial charge on any atom is -0.483 e. The standard InChI is InChI=1S/C18H21NO4/c1-2-22-18(21)11-6-12-19-17(20)13-23-16-10-5-8-14-7-3-4-9-15(14)16/h3-5,7-10H,2,6,11-13H2,1H3,(H,19,20). The predicted octanol–water partition coefficient (Wildman–Crippen LogP) is 2.68. The number of rotatable bonds is 8. The Labute approximate surface area is 135 Å². The number of fused-ring (bicyclic) bond motifs is 1. The first-order valence-corrected chi connectivity index (χ1v) is 7.73. The van der Waals surface area contributed by atoms with Crippen LogP contribution in [0.15, 0.2) is 42.5 Å². The Morgan fingerprint density at radius 2 is 1.87 bits per heavy atom. The minimum atomic E-state index is -0.242. The molecule has 0 spiro atoms. The summed E-state index contributed by atoms with van der Waals surface area (Å²) >= 11 is 0. The van der Waals surface area contributed by atoms with E-state index in [9.17, 15) is 9.59 Å². The van der Waals surface area contributed by atoms with Crippen molar-refractivity contribution in [2.45, 2.75) is 19.8 Å². The number of hydrogen-bond acceptors (Lipinski definition) is 4. The van der Waals surface area contributed by atoms with Gasteiger partial charge in [0.2, 0.25) is 0 Å². The maximum atomic E-state index is 11.8. The van der Waals surface area contributed by atoms with Gasteiger partial charge < -0.3 is 14.8 Å². The third-order valence-electron chi connectivity index (χ3n) is 3.29. The molecule has 5 heteroatoms. The van der Waals surface area contributed by atoms with Gasteiger partial charge in [-0.25, -0.2) is 0 Å². The van der Waals surface area contributed by atoms with Crippen LogP contribution in [0.2, 0.25) is 0 Å². The van der Waals surface area contributed by atoms with Crippen LogP contribution in [0.4, 0.5) is 0 Å². The summed E-state index contributed by atoms with van der Waals surface area (Å²) < 4.78 is 10.4. The third-order valence-corrected chi connectivity index (χ3v) is 3.29. The van der Waals surface area contributed by atoms with E-state index in [1.807, 2.05) is 42.5 Å². The molecule has 0 saturated carbocycles. The molecule has 2 rings (SSSR count). The van der Waals surface area contributed by atoms with E-state index in [1.54, 1.807) is 6.92 Å². The average molecular weight is 315 g/mol. The maximum absolute atomic E-state index is 11.8. The highest BCUT2D eigenvalue weighted by Gasteiger charge is 2.06. The van der Waals surface area contributed by atoms with Gasteiger partial charge in [0.05, 0.1) is 6.61 Å². The largest absolute Gasteiger partial charge is 0.483 e. The summed E-state index contributed by atoms with van der Waals surface area (Å²) in [7, 11) is 0. The van der Waals surface area contributed by atoms with Crippen molar-refractivity contribution in [1.82, 2.24) is 5.32 Å². The zero-order valence-electron chi connectivity index (χ0n) is 13.2. The number of benzene rings is 2. The van der Waals surface area contributed by atoms with Crippen LogP contribution in [-0.2, 0) is 14.3 Å². The Morgan fingerprint density at radius 3 is 2.70 bits per heavy atom. The van der Waals surface area contributed by atoms with Crippen LogP contribution in [0.5, 0.6) is 5.75 Å². The van der Waals surface area contributed by atoms with Crippen molar-refractivity contribution in [1.29, 1.82) is 0 Å². The first-order valence-electron chi connectivity index (χ1n) is 7.73. The molecule has 0 aliphatic carbocycles. The molecule has 0 saturated heterocycles. The Kier molecular flexibility index (Phi) is 6.41. The van der Waals surface area contributed by atoms with Gasteiger partial charge in [0.1, 0.15) is 5.75 Å². The first-order chi connectivity index (χ1) is 11.2. The lowest BCUT2D eigenvalue weighted by Gasteiger charge is -2.09. The van der Waals surface area contributed by atoms with Crippen LogP contribution >= 0.6 is 0 Å². The summed E-state index contributed by atoms with van der Waals surface area (Å²) in [6.07, 6.45) is 0.858. The lowest BCUT2D eigenvalue weighted by Crippen LogP contribution is -2.30. The third kappa shape index (κ3) is 5.29. The van der Waals surface area contributed by atoms with Gasteiger partial charge in [-0.1, -0.05) is 36.4 Å². The van der Waals surface area contributed by atoms with E-state index < -0.39 is 0 Å². The molecule has 0 aromatic heterocycles. The smallest absolute Gasteiger partial charge is 0.305 e. The Hall–Kier alpha value is -2.56. The fraction of sp³-hybridized carbons (Fsp3) is 0.333. The molecule has 0 fully saturated rings. The molecule has 0 aliphatic rings. The van der Waals surface area contributed by atoms with E-state index in [0.717, 1.165) is 10.8 Å². The number of carbonyl (C=O) groups is 2. The van der Waals surface area contributed by atoms with E-state index in [2.05, 4.69) is 5.32 Å². The van der Waals surface area contributed by atoms with Gasteiger partial charge in [0, 0.05) is 18.4 Å². The minimum absolute atomic E-state index is 0.0482. The lowest BCUT2D eigenvalue weighted by molar-refractivity contribution is -0.143. The topological polar surface area (TPSA) is 64.6 Å². The maximum Gasteiger partial charge on any atom is 0.305 e. The molecule has 0 atom stereocenters. The highest BCUT2D eigenvalue weighted by atomic mass is 16.5. The molecule has 5 nitrogen and oxygen atoms in total. The highest BCUT2D eigenvalue weighted by Crippen LogP contribution is 2.24. The van der Waals surface area contributed by atoms with E-state index in [0.29, 0.717) is 31.7 Å². The van der Waals surface area contributed by atoms with E-state index in [1.165, 1.54) is 0 Å². The number of hydrogen-bond donors (Lipinski definition) is 1. The van der Waals surface area contributed by atoms with E-state index >= 15 is 0 Å². The van der Waals surface area contributed by atoms with E-state index in [-0.39, 0.29) is 18.5 Å². The van der Waals surface area contributed by atoms with Crippen LogP contribution < -0.4 is 10.1 Å². The van der Waals surface area contributed by atoms with Crippen molar-refractivity contribution in [3.8, 4) is 5.75 Å². The van der Waals surface area contributed by atoms with Crippen molar-refractivity contribution in [3.63, 3.8) is 0 Å². The zero-order chi connectivity index (χ0) is 16.5. The molecular weight excluding hydrogens is 294 g/mol. The van der Waals surface area contributed by atoms with Crippen LogP contribution in [0.1, 0.15) is 19.8 Å². The van der Waals surface area contributed by atoms with Gasteiger partial charge in [-0.2, -0.15) is 0 Å². The molecule has 23 heavy (non-hydrogen) atoms. The van der Waals surface area contributed by atoms with Crippen LogP contribution in [-0.4, -0.2) is 31.6 Å². The van der Waals surface area contributed by atoms with Crippen molar-refractivity contribution in [2.24, 2.45) is 0 Å². The molecule has 0 heterocycles. The van der Waals surface area contributed by atoms with Crippen LogP contribution in [0.25, 0.3) is 10.8 Å². The lowest BCUT2D eigenvalue weighted by atomic mass is 10.1. The number of esters is 1. The van der Waals surface area contributed by atoms with Gasteiger partial charge in [-0.15, -0.1) is 0 Å². The number of carbonyl (C=O) groups excluding carboxylic acids is 2. The molecule has 2 aromatic rings. The SMILES string of the molecule is CCOC(=O)CCCNC(=O)COc1cccc2ccccc12. The monoisotopic (exact) mass is 315 g/mol. The molecule has 1 N–H and O–H groups in total. The summed E-state index contributed by atoms with van der Waals surface area (Å²) in [5.41, 5.74) is 0. The fourth-order valence-corrected chi connectivity index (χ4v) is 2.21. The fourth-order valence-electron chi connectivity index (χ4n) is 2.21. The zero-order valence-corrected chi connectivity index (χ0v) is 13.2. The quantitative estimate of drug-likeness (QED) is 0.601. The summed E-state index contributed by atoms with van der Waals surface area (Å²) in [4.78, 5) is 22.9. The molecule has 1 amide bonds. The molecule has 2 aromatic carbocycles. The summed E-state index contributed by atoms with van der Waals surface area (Å²) in [6.45, 7) is 2.53. The Morgan fingerprint density at radius 1 is 1.09 bits per heavy atom. The predicted molar refractivity (Wildman–Crippen MR) is 88.3 cm³/mol. The Balaban J connectivity index is 1.75. The second-order valence-electron chi connectivity index (χ2n) is 5.02. The highest BCUT2D eigenvalue weighted by molar-refractivity contribution is 5.88. The molecule has 0 bridgehead atoms. The Bertz CT molecular complexity index is 664. The average Bonchev–Trinajstić information content (AvgIpc) is 2.57. The molecule has 0 unspecified atom stereocenters. The molecular formula is C18H21NO4.